The quantitative estimate of drug-likeness (QED) is 0.589. The van der Waals surface area contributed by atoms with Crippen molar-refractivity contribution in [3.8, 4) is 0 Å². The zero-order valence-electron chi connectivity index (χ0n) is 8.55. The number of rotatable bonds is 5. The molecule has 0 radical (unpaired) electrons. The van der Waals surface area contributed by atoms with Gasteiger partial charge in [-0.3, -0.25) is 10.1 Å². The minimum Gasteiger partial charge on any atom is -0.373 e. The predicted molar refractivity (Wildman–Crippen MR) is 56.4 cm³/mol. The molecule has 0 spiro atoms. The maximum atomic E-state index is 10.5. The van der Waals surface area contributed by atoms with E-state index in [1.165, 1.54) is 12.1 Å². The molecule has 1 aromatic carbocycles. The Balaban J connectivity index is 2.62. The number of nitro groups is 1. The Kier molecular flexibility index (Phi) is 4.20. The summed E-state index contributed by atoms with van der Waals surface area (Å²) in [6.07, 6.45) is -0.0377. The highest BCUT2D eigenvalue weighted by Crippen LogP contribution is 2.14. The topological polar surface area (TPSA) is 78.4 Å². The molecule has 0 aliphatic heterocycles. The molecule has 0 saturated heterocycles. The van der Waals surface area contributed by atoms with Gasteiger partial charge in [0.05, 0.1) is 17.6 Å². The van der Waals surface area contributed by atoms with Gasteiger partial charge < -0.3 is 10.5 Å². The average Bonchev–Trinajstić information content (AvgIpc) is 2.26. The maximum Gasteiger partial charge on any atom is 0.269 e. The number of hydrogen-bond acceptors (Lipinski definition) is 4. The van der Waals surface area contributed by atoms with E-state index < -0.39 is 4.92 Å². The summed E-state index contributed by atoms with van der Waals surface area (Å²) in [5, 5.41) is 10.5. The molecule has 82 valence electrons. The third-order valence-electron chi connectivity index (χ3n) is 1.99. The van der Waals surface area contributed by atoms with Crippen LogP contribution in [0.25, 0.3) is 0 Å². The van der Waals surface area contributed by atoms with Crippen LogP contribution in [0.5, 0.6) is 0 Å². The van der Waals surface area contributed by atoms with E-state index in [2.05, 4.69) is 0 Å². The molecule has 5 nitrogen and oxygen atoms in total. The normalized spacial score (nSPS) is 12.4. The molecule has 15 heavy (non-hydrogen) atoms. The molecule has 1 unspecified atom stereocenters. The summed E-state index contributed by atoms with van der Waals surface area (Å²) in [6.45, 7) is 2.65. The summed E-state index contributed by atoms with van der Waals surface area (Å²) >= 11 is 0. The van der Waals surface area contributed by atoms with Gasteiger partial charge in [-0.2, -0.15) is 0 Å². The van der Waals surface area contributed by atoms with Gasteiger partial charge in [0, 0.05) is 18.7 Å². The first-order chi connectivity index (χ1) is 7.13. The van der Waals surface area contributed by atoms with Gasteiger partial charge in [0.25, 0.3) is 5.69 Å². The van der Waals surface area contributed by atoms with Crippen molar-refractivity contribution in [1.82, 2.24) is 0 Å². The number of ether oxygens (including phenoxy) is 1. The van der Waals surface area contributed by atoms with Crippen LogP contribution < -0.4 is 5.73 Å². The van der Waals surface area contributed by atoms with E-state index in [9.17, 15) is 10.1 Å². The molecule has 5 heteroatoms. The van der Waals surface area contributed by atoms with E-state index >= 15 is 0 Å². The monoisotopic (exact) mass is 210 g/mol. The van der Waals surface area contributed by atoms with Crippen molar-refractivity contribution < 1.29 is 9.66 Å². The van der Waals surface area contributed by atoms with E-state index in [1.807, 2.05) is 6.92 Å². The summed E-state index contributed by atoms with van der Waals surface area (Å²) in [6, 6.07) is 6.39. The second kappa shape index (κ2) is 5.43. The van der Waals surface area contributed by atoms with Crippen LogP contribution in [0.4, 0.5) is 5.69 Å². The summed E-state index contributed by atoms with van der Waals surface area (Å²) < 4.78 is 5.36. The third-order valence-corrected chi connectivity index (χ3v) is 1.99. The van der Waals surface area contributed by atoms with Crippen molar-refractivity contribution in [2.24, 2.45) is 5.73 Å². The number of hydrogen-bond donors (Lipinski definition) is 1. The van der Waals surface area contributed by atoms with Crippen LogP contribution in [-0.4, -0.2) is 17.6 Å². The minimum absolute atomic E-state index is 0.0377. The summed E-state index contributed by atoms with van der Waals surface area (Å²) in [4.78, 5) is 10.1. The molecule has 0 amide bonds. The Morgan fingerprint density at radius 3 is 2.93 bits per heavy atom. The van der Waals surface area contributed by atoms with E-state index in [4.69, 9.17) is 10.5 Å². The second-order valence-corrected chi connectivity index (χ2v) is 3.28. The van der Waals surface area contributed by atoms with Crippen molar-refractivity contribution >= 4 is 5.69 Å². The number of nitrogens with two attached hydrogens (primary N) is 1. The molecule has 1 rings (SSSR count). The standard InChI is InChI=1S/C10H14N2O3/c1-8(6-11)15-7-9-3-2-4-10(5-9)12(13)14/h2-5,8H,6-7,11H2,1H3. The van der Waals surface area contributed by atoms with Crippen LogP contribution in [0.3, 0.4) is 0 Å². The maximum absolute atomic E-state index is 10.5. The second-order valence-electron chi connectivity index (χ2n) is 3.28. The van der Waals surface area contributed by atoms with Crippen LogP contribution in [0.2, 0.25) is 0 Å². The molecule has 2 N–H and O–H groups in total. The lowest BCUT2D eigenvalue weighted by molar-refractivity contribution is -0.385. The Hall–Kier alpha value is -1.46. The van der Waals surface area contributed by atoms with Crippen molar-refractivity contribution in [2.45, 2.75) is 19.6 Å². The van der Waals surface area contributed by atoms with Gasteiger partial charge >= 0.3 is 0 Å². The zero-order chi connectivity index (χ0) is 11.3. The van der Waals surface area contributed by atoms with E-state index in [0.717, 1.165) is 5.56 Å². The van der Waals surface area contributed by atoms with Gasteiger partial charge in [0.15, 0.2) is 0 Å². The number of nitro benzene ring substituents is 1. The highest BCUT2D eigenvalue weighted by Gasteiger charge is 2.06. The molecule has 0 bridgehead atoms. The molecular weight excluding hydrogens is 196 g/mol. The summed E-state index contributed by atoms with van der Waals surface area (Å²) in [7, 11) is 0. The fourth-order valence-electron chi connectivity index (χ4n) is 1.07. The fourth-order valence-corrected chi connectivity index (χ4v) is 1.07. The fraction of sp³-hybridized carbons (Fsp3) is 0.400. The van der Waals surface area contributed by atoms with Gasteiger partial charge in [0.1, 0.15) is 0 Å². The predicted octanol–water partition coefficient (Wildman–Crippen LogP) is 1.46. The molecule has 0 fully saturated rings. The average molecular weight is 210 g/mol. The first-order valence-corrected chi connectivity index (χ1v) is 4.68. The van der Waals surface area contributed by atoms with E-state index in [0.29, 0.717) is 13.2 Å². The lowest BCUT2D eigenvalue weighted by atomic mass is 10.2. The number of nitrogens with zero attached hydrogens (tertiary/aromatic N) is 1. The van der Waals surface area contributed by atoms with Crippen molar-refractivity contribution in [1.29, 1.82) is 0 Å². The van der Waals surface area contributed by atoms with Gasteiger partial charge in [-0.1, -0.05) is 12.1 Å². The van der Waals surface area contributed by atoms with Crippen molar-refractivity contribution in [3.63, 3.8) is 0 Å². The highest BCUT2D eigenvalue weighted by atomic mass is 16.6. The first kappa shape index (κ1) is 11.6. The molecule has 1 aromatic rings. The van der Waals surface area contributed by atoms with Gasteiger partial charge in [0.2, 0.25) is 0 Å². The van der Waals surface area contributed by atoms with Crippen LogP contribution in [-0.2, 0) is 11.3 Å². The van der Waals surface area contributed by atoms with E-state index in [-0.39, 0.29) is 11.8 Å². The van der Waals surface area contributed by atoms with Gasteiger partial charge in [-0.25, -0.2) is 0 Å². The highest BCUT2D eigenvalue weighted by molar-refractivity contribution is 5.33. The lowest BCUT2D eigenvalue weighted by Gasteiger charge is -2.09. The van der Waals surface area contributed by atoms with Crippen molar-refractivity contribution in [2.75, 3.05) is 6.54 Å². The molecule has 0 aromatic heterocycles. The Morgan fingerprint density at radius 1 is 1.60 bits per heavy atom. The van der Waals surface area contributed by atoms with Crippen LogP contribution >= 0.6 is 0 Å². The molecular formula is C10H14N2O3. The Labute approximate surface area is 88.0 Å². The first-order valence-electron chi connectivity index (χ1n) is 4.68. The van der Waals surface area contributed by atoms with Gasteiger partial charge in [-0.15, -0.1) is 0 Å². The SMILES string of the molecule is CC(CN)OCc1cccc([N+](=O)[O-])c1. The molecule has 0 aliphatic rings. The Bertz CT molecular complexity index is 341. The largest absolute Gasteiger partial charge is 0.373 e. The number of non-ortho nitro benzene ring substituents is 1. The van der Waals surface area contributed by atoms with Crippen molar-refractivity contribution in [3.05, 3.63) is 39.9 Å². The molecule has 0 saturated carbocycles. The number of benzene rings is 1. The molecule has 0 aliphatic carbocycles. The lowest BCUT2D eigenvalue weighted by Crippen LogP contribution is -2.19. The van der Waals surface area contributed by atoms with E-state index in [1.54, 1.807) is 12.1 Å². The van der Waals surface area contributed by atoms with Crippen LogP contribution in [0.1, 0.15) is 12.5 Å². The summed E-state index contributed by atoms with van der Waals surface area (Å²) in [5.41, 5.74) is 6.24. The summed E-state index contributed by atoms with van der Waals surface area (Å²) in [5.74, 6) is 0. The van der Waals surface area contributed by atoms with Crippen LogP contribution in [0.15, 0.2) is 24.3 Å². The smallest absolute Gasteiger partial charge is 0.269 e. The van der Waals surface area contributed by atoms with Crippen LogP contribution in [0, 0.1) is 10.1 Å². The molecule has 0 heterocycles. The third kappa shape index (κ3) is 3.65. The van der Waals surface area contributed by atoms with Gasteiger partial charge in [-0.05, 0) is 12.5 Å². The minimum atomic E-state index is -0.421. The zero-order valence-corrected chi connectivity index (χ0v) is 8.55. The molecule has 1 atom stereocenters. The Morgan fingerprint density at radius 2 is 2.33 bits per heavy atom.